The maximum absolute atomic E-state index is 11.6. The fourth-order valence-electron chi connectivity index (χ4n) is 2.39. The van der Waals surface area contributed by atoms with Crippen LogP contribution in [-0.2, 0) is 16.4 Å². The van der Waals surface area contributed by atoms with Crippen LogP contribution in [0.1, 0.15) is 25.0 Å². The van der Waals surface area contributed by atoms with Crippen molar-refractivity contribution in [3.05, 3.63) is 28.4 Å². The quantitative estimate of drug-likeness (QED) is 0.843. The van der Waals surface area contributed by atoms with E-state index < -0.39 is 10.0 Å². The van der Waals surface area contributed by atoms with Crippen molar-refractivity contribution >= 4 is 10.0 Å². The van der Waals surface area contributed by atoms with Crippen LogP contribution in [0.25, 0.3) is 0 Å². The summed E-state index contributed by atoms with van der Waals surface area (Å²) >= 11 is 0. The average molecular weight is 271 g/mol. The van der Waals surface area contributed by atoms with Crippen LogP contribution >= 0.6 is 0 Å². The SMILES string of the molecule is CS(=O)(=O)N1CCCC1CCc1cc(=O)[nH]cn1. The van der Waals surface area contributed by atoms with E-state index in [0.717, 1.165) is 12.8 Å². The van der Waals surface area contributed by atoms with Crippen molar-refractivity contribution in [3.8, 4) is 0 Å². The van der Waals surface area contributed by atoms with Crippen molar-refractivity contribution in [1.29, 1.82) is 0 Å². The van der Waals surface area contributed by atoms with Gasteiger partial charge in [0.2, 0.25) is 10.0 Å². The van der Waals surface area contributed by atoms with E-state index in [-0.39, 0.29) is 11.6 Å². The third kappa shape index (κ3) is 3.17. The first kappa shape index (κ1) is 13.2. The van der Waals surface area contributed by atoms with E-state index in [2.05, 4.69) is 9.97 Å². The largest absolute Gasteiger partial charge is 0.313 e. The van der Waals surface area contributed by atoms with Crippen LogP contribution in [0.3, 0.4) is 0 Å². The van der Waals surface area contributed by atoms with Crippen molar-refractivity contribution in [3.63, 3.8) is 0 Å². The predicted octanol–water partition coefficient (Wildman–Crippen LogP) is 0.127. The van der Waals surface area contributed by atoms with Crippen molar-refractivity contribution < 1.29 is 8.42 Å². The van der Waals surface area contributed by atoms with E-state index in [9.17, 15) is 13.2 Å². The Labute approximate surface area is 106 Å². The lowest BCUT2D eigenvalue weighted by Gasteiger charge is -2.21. The lowest BCUT2D eigenvalue weighted by atomic mass is 10.1. The van der Waals surface area contributed by atoms with E-state index in [1.54, 1.807) is 4.31 Å². The fraction of sp³-hybridized carbons (Fsp3) is 0.636. The van der Waals surface area contributed by atoms with Gasteiger partial charge in [-0.3, -0.25) is 4.79 Å². The summed E-state index contributed by atoms with van der Waals surface area (Å²) in [5.41, 5.74) is 0.533. The van der Waals surface area contributed by atoms with Gasteiger partial charge in [-0.05, 0) is 25.7 Å². The second kappa shape index (κ2) is 5.19. The van der Waals surface area contributed by atoms with E-state index in [0.29, 0.717) is 25.1 Å². The highest BCUT2D eigenvalue weighted by atomic mass is 32.2. The smallest absolute Gasteiger partial charge is 0.250 e. The van der Waals surface area contributed by atoms with Crippen LogP contribution in [0.15, 0.2) is 17.2 Å². The molecular weight excluding hydrogens is 254 g/mol. The molecule has 1 N–H and O–H groups in total. The second-order valence-corrected chi connectivity index (χ2v) is 6.55. The van der Waals surface area contributed by atoms with Gasteiger partial charge >= 0.3 is 0 Å². The molecule has 1 atom stereocenters. The molecule has 1 aliphatic heterocycles. The first-order valence-electron chi connectivity index (χ1n) is 5.97. The molecule has 0 spiro atoms. The number of nitrogens with one attached hydrogen (secondary N) is 1. The number of aromatic amines is 1. The zero-order valence-corrected chi connectivity index (χ0v) is 11.1. The number of H-pyrrole nitrogens is 1. The molecule has 1 fully saturated rings. The zero-order chi connectivity index (χ0) is 13.2. The summed E-state index contributed by atoms with van der Waals surface area (Å²) in [5.74, 6) is 0. The summed E-state index contributed by atoms with van der Waals surface area (Å²) in [6, 6.07) is 1.50. The molecule has 18 heavy (non-hydrogen) atoms. The van der Waals surface area contributed by atoms with Crippen LogP contribution in [0, 0.1) is 0 Å². The maximum Gasteiger partial charge on any atom is 0.250 e. The van der Waals surface area contributed by atoms with Crippen LogP contribution in [0.4, 0.5) is 0 Å². The molecule has 2 heterocycles. The van der Waals surface area contributed by atoms with E-state index in [1.165, 1.54) is 18.6 Å². The standard InChI is InChI=1S/C11H17N3O3S/c1-18(16,17)14-6-2-3-10(14)5-4-9-7-11(15)13-8-12-9/h7-8,10H,2-6H2,1H3,(H,12,13,15). The molecule has 6 nitrogen and oxygen atoms in total. The Bertz CT molecular complexity index is 567. The molecule has 1 aliphatic rings. The Hall–Kier alpha value is -1.21. The van der Waals surface area contributed by atoms with Crippen LogP contribution in [0.5, 0.6) is 0 Å². The molecule has 0 amide bonds. The molecule has 0 aliphatic carbocycles. The van der Waals surface area contributed by atoms with Gasteiger partial charge in [-0.2, -0.15) is 4.31 Å². The predicted molar refractivity (Wildman–Crippen MR) is 67.8 cm³/mol. The van der Waals surface area contributed by atoms with Crippen LogP contribution < -0.4 is 5.56 Å². The minimum Gasteiger partial charge on any atom is -0.313 e. The van der Waals surface area contributed by atoms with Crippen molar-refractivity contribution in [1.82, 2.24) is 14.3 Å². The van der Waals surface area contributed by atoms with Gasteiger partial charge in [0, 0.05) is 24.3 Å². The lowest BCUT2D eigenvalue weighted by Crippen LogP contribution is -2.34. The Kier molecular flexibility index (Phi) is 3.82. The third-order valence-corrected chi connectivity index (χ3v) is 4.55. The number of aromatic nitrogens is 2. The van der Waals surface area contributed by atoms with Gasteiger partial charge in [0.25, 0.3) is 5.56 Å². The van der Waals surface area contributed by atoms with Gasteiger partial charge in [0.1, 0.15) is 0 Å². The minimum absolute atomic E-state index is 0.0427. The third-order valence-electron chi connectivity index (χ3n) is 3.22. The summed E-state index contributed by atoms with van der Waals surface area (Å²) in [6.07, 6.45) is 5.75. The van der Waals surface area contributed by atoms with Gasteiger partial charge in [0.15, 0.2) is 0 Å². The number of hydrogen-bond donors (Lipinski definition) is 1. The molecule has 1 aromatic heterocycles. The minimum atomic E-state index is -3.12. The first-order chi connectivity index (χ1) is 8.47. The molecule has 7 heteroatoms. The van der Waals surface area contributed by atoms with Crippen molar-refractivity contribution in [2.24, 2.45) is 0 Å². The lowest BCUT2D eigenvalue weighted by molar-refractivity contribution is 0.372. The normalized spacial score (nSPS) is 21.3. The number of nitrogens with zero attached hydrogens (tertiary/aromatic N) is 2. The summed E-state index contributed by atoms with van der Waals surface area (Å²) < 4.78 is 24.7. The zero-order valence-electron chi connectivity index (χ0n) is 10.3. The number of sulfonamides is 1. The Balaban J connectivity index is 2.00. The molecule has 0 radical (unpaired) electrons. The molecule has 0 aromatic carbocycles. The second-order valence-electron chi connectivity index (χ2n) is 4.61. The summed E-state index contributed by atoms with van der Waals surface area (Å²) in [5, 5.41) is 0. The summed E-state index contributed by atoms with van der Waals surface area (Å²) in [7, 11) is -3.12. The highest BCUT2D eigenvalue weighted by molar-refractivity contribution is 7.88. The van der Waals surface area contributed by atoms with E-state index in [4.69, 9.17) is 0 Å². The average Bonchev–Trinajstić information content (AvgIpc) is 2.74. The molecule has 1 saturated heterocycles. The van der Waals surface area contributed by atoms with Crippen molar-refractivity contribution in [2.75, 3.05) is 12.8 Å². The van der Waals surface area contributed by atoms with E-state index in [1.807, 2.05) is 0 Å². The van der Waals surface area contributed by atoms with Gasteiger partial charge in [-0.25, -0.2) is 13.4 Å². The molecule has 100 valence electrons. The molecule has 0 saturated carbocycles. The molecule has 1 aromatic rings. The number of aryl methyl sites for hydroxylation is 1. The topological polar surface area (TPSA) is 83.1 Å². The monoisotopic (exact) mass is 271 g/mol. The Morgan fingerprint density at radius 3 is 3.00 bits per heavy atom. The van der Waals surface area contributed by atoms with Crippen LogP contribution in [-0.4, -0.2) is 41.5 Å². The van der Waals surface area contributed by atoms with Gasteiger partial charge in [-0.1, -0.05) is 0 Å². The van der Waals surface area contributed by atoms with Crippen LogP contribution in [0.2, 0.25) is 0 Å². The Morgan fingerprint density at radius 2 is 2.33 bits per heavy atom. The molecule has 1 unspecified atom stereocenters. The number of rotatable bonds is 4. The van der Waals surface area contributed by atoms with Gasteiger partial charge < -0.3 is 4.98 Å². The molecular formula is C11H17N3O3S. The maximum atomic E-state index is 11.6. The summed E-state index contributed by atoms with van der Waals surface area (Å²) in [4.78, 5) is 17.6. The highest BCUT2D eigenvalue weighted by Gasteiger charge is 2.30. The highest BCUT2D eigenvalue weighted by Crippen LogP contribution is 2.23. The Morgan fingerprint density at radius 1 is 1.56 bits per heavy atom. The number of hydrogen-bond acceptors (Lipinski definition) is 4. The fourth-order valence-corrected chi connectivity index (χ4v) is 3.61. The van der Waals surface area contributed by atoms with Gasteiger partial charge in [0.05, 0.1) is 12.6 Å². The first-order valence-corrected chi connectivity index (χ1v) is 7.82. The van der Waals surface area contributed by atoms with E-state index >= 15 is 0 Å². The summed E-state index contributed by atoms with van der Waals surface area (Å²) in [6.45, 7) is 0.603. The van der Waals surface area contributed by atoms with Crippen molar-refractivity contribution in [2.45, 2.75) is 31.7 Å². The molecule has 0 bridgehead atoms. The molecule has 2 rings (SSSR count). The van der Waals surface area contributed by atoms with Gasteiger partial charge in [-0.15, -0.1) is 0 Å².